The molecule has 0 amide bonds. The highest BCUT2D eigenvalue weighted by molar-refractivity contribution is 9.10. The van der Waals surface area contributed by atoms with Crippen molar-refractivity contribution in [3.8, 4) is 0 Å². The predicted octanol–water partition coefficient (Wildman–Crippen LogP) is 4.26. The number of benzene rings is 1. The molecule has 3 nitrogen and oxygen atoms in total. The summed E-state index contributed by atoms with van der Waals surface area (Å²) in [6, 6.07) is 7.71. The molecule has 0 saturated carbocycles. The minimum Gasteiger partial charge on any atom is -0.383 e. The Bertz CT molecular complexity index is 614. The van der Waals surface area contributed by atoms with E-state index in [4.69, 9.17) is 17.3 Å². The fraction of sp³-hybridized carbons (Fsp3) is 0.333. The van der Waals surface area contributed by atoms with Gasteiger partial charge in [-0.05, 0) is 39.9 Å². The number of hydrogen-bond donors (Lipinski definition) is 1. The summed E-state index contributed by atoms with van der Waals surface area (Å²) in [7, 11) is 0. The maximum atomic E-state index is 6.17. The Kier molecular flexibility index (Phi) is 5.00. The largest absolute Gasteiger partial charge is 0.383 e. The lowest BCUT2D eigenvalue weighted by atomic mass is 10.1. The maximum Gasteiger partial charge on any atom is 0.141 e. The van der Waals surface area contributed by atoms with Crippen LogP contribution in [0.15, 0.2) is 28.7 Å². The second-order valence-corrected chi connectivity index (χ2v) is 6.35. The molecule has 0 bridgehead atoms. The summed E-state index contributed by atoms with van der Waals surface area (Å²) < 4.78 is 0.800. The van der Waals surface area contributed by atoms with Crippen LogP contribution in [0.2, 0.25) is 5.02 Å². The third-order valence-corrected chi connectivity index (χ3v) is 4.13. The molecule has 106 valence electrons. The van der Waals surface area contributed by atoms with Gasteiger partial charge in [-0.25, -0.2) is 9.97 Å². The molecular formula is C15H17BrClN3. The first-order valence-corrected chi connectivity index (χ1v) is 7.68. The number of anilines is 1. The van der Waals surface area contributed by atoms with Crippen LogP contribution in [-0.4, -0.2) is 9.97 Å². The summed E-state index contributed by atoms with van der Waals surface area (Å²) in [5, 5.41) is 0.725. The van der Waals surface area contributed by atoms with E-state index in [0.717, 1.165) is 27.2 Å². The van der Waals surface area contributed by atoms with Gasteiger partial charge in [0.05, 0.1) is 10.2 Å². The van der Waals surface area contributed by atoms with Crippen LogP contribution in [0, 0.1) is 5.92 Å². The molecule has 0 fully saturated rings. The van der Waals surface area contributed by atoms with Crippen molar-refractivity contribution < 1.29 is 0 Å². The van der Waals surface area contributed by atoms with E-state index in [0.29, 0.717) is 24.0 Å². The zero-order chi connectivity index (χ0) is 14.7. The van der Waals surface area contributed by atoms with Crippen LogP contribution >= 0.6 is 27.5 Å². The van der Waals surface area contributed by atoms with Crippen LogP contribution in [0.5, 0.6) is 0 Å². The van der Waals surface area contributed by atoms with Gasteiger partial charge in [-0.3, -0.25) is 0 Å². The van der Waals surface area contributed by atoms with Crippen LogP contribution in [0.3, 0.4) is 0 Å². The highest BCUT2D eigenvalue weighted by Gasteiger charge is 2.12. The summed E-state index contributed by atoms with van der Waals surface area (Å²) in [5.74, 6) is 1.70. The molecule has 1 heterocycles. The third-order valence-electron chi connectivity index (χ3n) is 2.90. The van der Waals surface area contributed by atoms with E-state index in [1.54, 1.807) is 0 Å². The van der Waals surface area contributed by atoms with E-state index in [2.05, 4.69) is 39.7 Å². The van der Waals surface area contributed by atoms with Gasteiger partial charge in [0.25, 0.3) is 0 Å². The van der Waals surface area contributed by atoms with E-state index in [1.165, 1.54) is 0 Å². The molecule has 2 N–H and O–H groups in total. The molecular weight excluding hydrogens is 338 g/mol. The molecule has 0 aliphatic rings. The first kappa shape index (κ1) is 15.3. The van der Waals surface area contributed by atoms with Crippen molar-refractivity contribution in [3.63, 3.8) is 0 Å². The number of rotatable bonds is 4. The van der Waals surface area contributed by atoms with E-state index in [9.17, 15) is 0 Å². The predicted molar refractivity (Wildman–Crippen MR) is 86.9 cm³/mol. The van der Waals surface area contributed by atoms with Gasteiger partial charge >= 0.3 is 0 Å². The number of aromatic nitrogens is 2. The summed E-state index contributed by atoms with van der Waals surface area (Å²) in [6.45, 7) is 4.30. The summed E-state index contributed by atoms with van der Waals surface area (Å²) in [6.07, 6.45) is 1.45. The zero-order valence-corrected chi connectivity index (χ0v) is 13.9. The van der Waals surface area contributed by atoms with Crippen molar-refractivity contribution in [1.82, 2.24) is 9.97 Å². The minimum atomic E-state index is 0.484. The molecule has 5 heteroatoms. The SMILES string of the molecule is CC(C)Cc1nc(Cc2ccccc2Cl)nc(N)c1Br. The monoisotopic (exact) mass is 353 g/mol. The number of halogens is 2. The molecule has 0 aliphatic carbocycles. The van der Waals surface area contributed by atoms with Crippen molar-refractivity contribution >= 4 is 33.3 Å². The van der Waals surface area contributed by atoms with Crippen LogP contribution in [0.4, 0.5) is 5.82 Å². The van der Waals surface area contributed by atoms with Crippen LogP contribution < -0.4 is 5.73 Å². The van der Waals surface area contributed by atoms with Crippen LogP contribution in [0.1, 0.15) is 30.9 Å². The summed E-state index contributed by atoms with van der Waals surface area (Å²) in [4.78, 5) is 8.95. The van der Waals surface area contributed by atoms with Crippen molar-refractivity contribution in [2.45, 2.75) is 26.7 Å². The summed E-state index contributed by atoms with van der Waals surface area (Å²) in [5.41, 5.74) is 7.92. The van der Waals surface area contributed by atoms with Crippen LogP contribution in [0.25, 0.3) is 0 Å². The van der Waals surface area contributed by atoms with E-state index < -0.39 is 0 Å². The molecule has 1 aromatic carbocycles. The van der Waals surface area contributed by atoms with Crippen molar-refractivity contribution in [1.29, 1.82) is 0 Å². The van der Waals surface area contributed by atoms with Gasteiger partial charge in [0.1, 0.15) is 11.6 Å². The van der Waals surface area contributed by atoms with Gasteiger partial charge in [0.15, 0.2) is 0 Å². The summed E-state index contributed by atoms with van der Waals surface area (Å²) >= 11 is 9.64. The smallest absolute Gasteiger partial charge is 0.141 e. The molecule has 2 aromatic rings. The third kappa shape index (κ3) is 3.70. The van der Waals surface area contributed by atoms with Gasteiger partial charge in [-0.15, -0.1) is 0 Å². The molecule has 0 radical (unpaired) electrons. The first-order valence-electron chi connectivity index (χ1n) is 6.51. The molecule has 0 unspecified atom stereocenters. The zero-order valence-electron chi connectivity index (χ0n) is 11.5. The van der Waals surface area contributed by atoms with Gasteiger partial charge in [-0.1, -0.05) is 43.6 Å². The topological polar surface area (TPSA) is 51.8 Å². The Labute approximate surface area is 132 Å². The second kappa shape index (κ2) is 6.55. The average Bonchev–Trinajstić information content (AvgIpc) is 2.37. The lowest BCUT2D eigenvalue weighted by molar-refractivity contribution is 0.629. The maximum absolute atomic E-state index is 6.17. The molecule has 0 spiro atoms. The van der Waals surface area contributed by atoms with Gasteiger partial charge in [0.2, 0.25) is 0 Å². The Morgan fingerprint density at radius 1 is 1.25 bits per heavy atom. The van der Waals surface area contributed by atoms with Gasteiger partial charge in [0, 0.05) is 11.4 Å². The van der Waals surface area contributed by atoms with Gasteiger partial charge in [-0.2, -0.15) is 0 Å². The lowest BCUT2D eigenvalue weighted by Gasteiger charge is -2.11. The standard InChI is InChI=1S/C15H17BrClN3/c1-9(2)7-12-14(16)15(18)20-13(19-12)8-10-5-3-4-6-11(10)17/h3-6,9H,7-8H2,1-2H3,(H2,18,19,20). The molecule has 0 saturated heterocycles. The molecule has 0 atom stereocenters. The number of nitrogen functional groups attached to an aromatic ring is 1. The lowest BCUT2D eigenvalue weighted by Crippen LogP contribution is -2.08. The number of nitrogens with zero attached hydrogens (tertiary/aromatic N) is 2. The Morgan fingerprint density at radius 2 is 1.95 bits per heavy atom. The highest BCUT2D eigenvalue weighted by Crippen LogP contribution is 2.25. The Balaban J connectivity index is 2.33. The van der Waals surface area contributed by atoms with Crippen molar-refractivity contribution in [2.75, 3.05) is 5.73 Å². The quantitative estimate of drug-likeness (QED) is 0.892. The molecule has 2 rings (SSSR count). The van der Waals surface area contributed by atoms with E-state index >= 15 is 0 Å². The van der Waals surface area contributed by atoms with E-state index in [1.807, 2.05) is 24.3 Å². The fourth-order valence-corrected chi connectivity index (χ4v) is 2.52. The van der Waals surface area contributed by atoms with Gasteiger partial charge < -0.3 is 5.73 Å². The van der Waals surface area contributed by atoms with E-state index in [-0.39, 0.29) is 0 Å². The second-order valence-electron chi connectivity index (χ2n) is 5.15. The molecule has 20 heavy (non-hydrogen) atoms. The first-order chi connectivity index (χ1) is 9.47. The normalized spacial score (nSPS) is 11.1. The Hall–Kier alpha value is -1.13. The van der Waals surface area contributed by atoms with Crippen LogP contribution in [-0.2, 0) is 12.8 Å². The van der Waals surface area contributed by atoms with Crippen molar-refractivity contribution in [2.24, 2.45) is 5.92 Å². The Morgan fingerprint density at radius 3 is 2.60 bits per heavy atom. The molecule has 0 aliphatic heterocycles. The van der Waals surface area contributed by atoms with Crippen molar-refractivity contribution in [3.05, 3.63) is 50.8 Å². The minimum absolute atomic E-state index is 0.484. The fourth-order valence-electron chi connectivity index (χ4n) is 1.98. The number of hydrogen-bond acceptors (Lipinski definition) is 3. The highest BCUT2D eigenvalue weighted by atomic mass is 79.9. The average molecular weight is 355 g/mol. The molecule has 1 aromatic heterocycles. The number of nitrogens with two attached hydrogens (primary N) is 1.